The van der Waals surface area contributed by atoms with E-state index in [0.29, 0.717) is 0 Å². The lowest BCUT2D eigenvalue weighted by molar-refractivity contribution is 0.135. The second-order valence-corrected chi connectivity index (χ2v) is 6.23. The third-order valence-corrected chi connectivity index (χ3v) is 4.19. The van der Waals surface area contributed by atoms with Crippen LogP contribution in [0.5, 0.6) is 0 Å². The Balaban J connectivity index is 1.85. The van der Waals surface area contributed by atoms with Crippen LogP contribution in [0.1, 0.15) is 42.6 Å². The number of hydrogen-bond acceptors (Lipinski definition) is 3. The number of fused-ring (bicyclic) bond motifs is 1. The van der Waals surface area contributed by atoms with Crippen LogP contribution < -0.4 is 5.32 Å². The molecule has 1 aliphatic carbocycles. The molecule has 2 unspecified atom stereocenters. The van der Waals surface area contributed by atoms with E-state index in [0.717, 1.165) is 25.1 Å². The van der Waals surface area contributed by atoms with Crippen LogP contribution in [0.3, 0.4) is 0 Å². The number of aryl methyl sites for hydroxylation is 2. The van der Waals surface area contributed by atoms with E-state index >= 15 is 0 Å². The number of aliphatic hydroxyl groups is 1. The van der Waals surface area contributed by atoms with E-state index < -0.39 is 6.10 Å². The van der Waals surface area contributed by atoms with E-state index in [4.69, 9.17) is 0 Å². The van der Waals surface area contributed by atoms with Crippen LogP contribution in [-0.4, -0.2) is 43.2 Å². The average molecular weight is 276 g/mol. The van der Waals surface area contributed by atoms with Crippen LogP contribution in [0.4, 0.5) is 0 Å². The lowest BCUT2D eigenvalue weighted by Crippen LogP contribution is -2.34. The number of aliphatic hydroxyl groups excluding tert-OH is 1. The summed E-state index contributed by atoms with van der Waals surface area (Å²) in [4.78, 5) is 2.18. The van der Waals surface area contributed by atoms with Crippen molar-refractivity contribution in [3.05, 3.63) is 34.9 Å². The van der Waals surface area contributed by atoms with Crippen LogP contribution >= 0.6 is 0 Å². The van der Waals surface area contributed by atoms with Gasteiger partial charge in [-0.2, -0.15) is 0 Å². The largest absolute Gasteiger partial charge is 0.387 e. The average Bonchev–Trinajstić information content (AvgIpc) is 2.89. The molecule has 0 aliphatic heterocycles. The molecule has 3 heteroatoms. The first kappa shape index (κ1) is 15.5. The Labute approximate surface area is 123 Å². The molecule has 1 aromatic carbocycles. The van der Waals surface area contributed by atoms with E-state index in [-0.39, 0.29) is 6.04 Å². The van der Waals surface area contributed by atoms with Gasteiger partial charge in [0.1, 0.15) is 0 Å². The van der Waals surface area contributed by atoms with Crippen molar-refractivity contribution in [3.8, 4) is 0 Å². The summed E-state index contributed by atoms with van der Waals surface area (Å²) < 4.78 is 0. The Bertz CT molecular complexity index is 431. The summed E-state index contributed by atoms with van der Waals surface area (Å²) in [6.45, 7) is 4.09. The maximum absolute atomic E-state index is 10.5. The molecule has 0 heterocycles. The van der Waals surface area contributed by atoms with E-state index in [1.807, 2.05) is 0 Å². The Morgan fingerprint density at radius 1 is 1.25 bits per heavy atom. The van der Waals surface area contributed by atoms with Crippen molar-refractivity contribution >= 4 is 0 Å². The summed E-state index contributed by atoms with van der Waals surface area (Å²) in [6, 6.07) is 6.58. The van der Waals surface area contributed by atoms with Crippen molar-refractivity contribution < 1.29 is 5.11 Å². The fourth-order valence-corrected chi connectivity index (χ4v) is 2.90. The van der Waals surface area contributed by atoms with Crippen LogP contribution in [0.2, 0.25) is 0 Å². The molecule has 0 saturated heterocycles. The minimum atomic E-state index is -0.416. The lowest BCUT2D eigenvalue weighted by Gasteiger charge is -2.22. The highest BCUT2D eigenvalue weighted by Crippen LogP contribution is 2.26. The Hall–Kier alpha value is -0.900. The highest BCUT2D eigenvalue weighted by molar-refractivity contribution is 5.36. The van der Waals surface area contributed by atoms with Gasteiger partial charge >= 0.3 is 0 Å². The van der Waals surface area contributed by atoms with Crippen LogP contribution in [0.15, 0.2) is 18.2 Å². The molecule has 2 N–H and O–H groups in total. The second kappa shape index (κ2) is 7.21. The molecule has 112 valence electrons. The quantitative estimate of drug-likeness (QED) is 0.749. The zero-order chi connectivity index (χ0) is 14.5. The highest BCUT2D eigenvalue weighted by atomic mass is 16.3. The lowest BCUT2D eigenvalue weighted by atomic mass is 9.99. The molecule has 0 bridgehead atoms. The molecule has 0 amide bonds. The number of benzene rings is 1. The summed E-state index contributed by atoms with van der Waals surface area (Å²) in [5.41, 5.74) is 3.95. The first-order valence-electron chi connectivity index (χ1n) is 7.76. The first-order chi connectivity index (χ1) is 9.58. The number of nitrogens with zero attached hydrogens (tertiary/aromatic N) is 1. The fraction of sp³-hybridized carbons (Fsp3) is 0.647. The third-order valence-electron chi connectivity index (χ3n) is 4.19. The SMILES string of the molecule is CC(NCCCN(C)C)C(O)c1ccc2c(c1)CCC2. The van der Waals surface area contributed by atoms with E-state index in [2.05, 4.69) is 49.4 Å². The molecule has 0 fully saturated rings. The maximum Gasteiger partial charge on any atom is 0.0940 e. The standard InChI is InChI=1S/C17H28N2O/c1-13(18-10-5-11-19(2)3)17(20)16-9-8-14-6-4-7-15(14)12-16/h8-9,12-13,17-18,20H,4-7,10-11H2,1-3H3. The molecule has 0 spiro atoms. The zero-order valence-electron chi connectivity index (χ0n) is 13.0. The minimum Gasteiger partial charge on any atom is -0.387 e. The smallest absolute Gasteiger partial charge is 0.0940 e. The van der Waals surface area contributed by atoms with Gasteiger partial charge in [-0.05, 0) is 76.5 Å². The van der Waals surface area contributed by atoms with Gasteiger partial charge in [-0.1, -0.05) is 18.2 Å². The topological polar surface area (TPSA) is 35.5 Å². The molecule has 0 saturated carbocycles. The normalized spacial score (nSPS) is 17.2. The summed E-state index contributed by atoms with van der Waals surface area (Å²) >= 11 is 0. The molecule has 3 nitrogen and oxygen atoms in total. The van der Waals surface area contributed by atoms with Gasteiger partial charge in [0.25, 0.3) is 0 Å². The summed E-state index contributed by atoms with van der Waals surface area (Å²) in [6.07, 6.45) is 4.31. The van der Waals surface area contributed by atoms with E-state index in [1.165, 1.54) is 30.4 Å². The van der Waals surface area contributed by atoms with Crippen molar-refractivity contribution in [1.82, 2.24) is 10.2 Å². The maximum atomic E-state index is 10.5. The van der Waals surface area contributed by atoms with Crippen LogP contribution in [0.25, 0.3) is 0 Å². The fourth-order valence-electron chi connectivity index (χ4n) is 2.90. The van der Waals surface area contributed by atoms with Crippen LogP contribution in [0, 0.1) is 0 Å². The van der Waals surface area contributed by atoms with Gasteiger partial charge in [-0.15, -0.1) is 0 Å². The van der Waals surface area contributed by atoms with Crippen LogP contribution in [-0.2, 0) is 12.8 Å². The van der Waals surface area contributed by atoms with E-state index in [1.54, 1.807) is 0 Å². The molecular formula is C17H28N2O. The van der Waals surface area contributed by atoms with Crippen molar-refractivity contribution in [1.29, 1.82) is 0 Å². The molecule has 1 aliphatic rings. The molecule has 2 atom stereocenters. The highest BCUT2D eigenvalue weighted by Gasteiger charge is 2.18. The second-order valence-electron chi connectivity index (χ2n) is 6.23. The van der Waals surface area contributed by atoms with Gasteiger partial charge in [0.2, 0.25) is 0 Å². The van der Waals surface area contributed by atoms with Crippen molar-refractivity contribution in [2.75, 3.05) is 27.2 Å². The van der Waals surface area contributed by atoms with Crippen molar-refractivity contribution in [2.24, 2.45) is 0 Å². The van der Waals surface area contributed by atoms with Gasteiger partial charge in [0.05, 0.1) is 6.10 Å². The summed E-state index contributed by atoms with van der Waals surface area (Å²) in [7, 11) is 4.17. The molecule has 2 rings (SSSR count). The van der Waals surface area contributed by atoms with Gasteiger partial charge in [0.15, 0.2) is 0 Å². The molecule has 0 radical (unpaired) electrons. The molecule has 0 aromatic heterocycles. The van der Waals surface area contributed by atoms with Crippen molar-refractivity contribution in [2.45, 2.75) is 44.8 Å². The first-order valence-corrected chi connectivity index (χ1v) is 7.76. The number of hydrogen-bond donors (Lipinski definition) is 2. The molecule has 20 heavy (non-hydrogen) atoms. The zero-order valence-corrected chi connectivity index (χ0v) is 13.0. The van der Waals surface area contributed by atoms with Crippen molar-refractivity contribution in [3.63, 3.8) is 0 Å². The predicted molar refractivity (Wildman–Crippen MR) is 84.1 cm³/mol. The molecular weight excluding hydrogens is 248 g/mol. The van der Waals surface area contributed by atoms with Gasteiger partial charge in [0, 0.05) is 6.04 Å². The minimum absolute atomic E-state index is 0.0941. The Kier molecular flexibility index (Phi) is 5.58. The Morgan fingerprint density at radius 2 is 2.00 bits per heavy atom. The molecule has 1 aromatic rings. The number of rotatable bonds is 7. The predicted octanol–water partition coefficient (Wildman–Crippen LogP) is 2.14. The van der Waals surface area contributed by atoms with E-state index in [9.17, 15) is 5.11 Å². The number of nitrogens with one attached hydrogen (secondary N) is 1. The summed E-state index contributed by atoms with van der Waals surface area (Å²) in [5, 5.41) is 13.9. The summed E-state index contributed by atoms with van der Waals surface area (Å²) in [5.74, 6) is 0. The Morgan fingerprint density at radius 3 is 2.75 bits per heavy atom. The van der Waals surface area contributed by atoms with Gasteiger partial charge in [-0.25, -0.2) is 0 Å². The third kappa shape index (κ3) is 4.05. The monoisotopic (exact) mass is 276 g/mol. The van der Waals surface area contributed by atoms with Gasteiger partial charge in [-0.3, -0.25) is 0 Å². The van der Waals surface area contributed by atoms with Gasteiger partial charge < -0.3 is 15.3 Å².